The number of benzene rings is 2. The molecule has 0 spiro atoms. The number of carbonyl (C=O) groups excluding carboxylic acids is 2. The molecular formula is C24H26Cl2N2O4S. The highest BCUT2D eigenvalue weighted by Crippen LogP contribution is 2.28. The summed E-state index contributed by atoms with van der Waals surface area (Å²) in [6, 6.07) is 12.5. The number of ether oxygens (including phenoxy) is 1. The summed E-state index contributed by atoms with van der Waals surface area (Å²) < 4.78 is 5.49. The first kappa shape index (κ1) is 26.9. The van der Waals surface area contributed by atoms with Gasteiger partial charge in [-0.05, 0) is 61.7 Å². The molecule has 0 aliphatic heterocycles. The first-order chi connectivity index (χ1) is 15.9. The van der Waals surface area contributed by atoms with Gasteiger partial charge in [0, 0.05) is 11.4 Å². The number of nitrogens with one attached hydrogen (secondary N) is 2. The molecule has 33 heavy (non-hydrogen) atoms. The summed E-state index contributed by atoms with van der Waals surface area (Å²) in [6.07, 6.45) is 2.17. The van der Waals surface area contributed by atoms with Crippen LogP contribution in [0.4, 0.5) is 0 Å². The van der Waals surface area contributed by atoms with E-state index >= 15 is 0 Å². The molecule has 2 aromatic carbocycles. The number of amides is 2. The van der Waals surface area contributed by atoms with Crippen molar-refractivity contribution in [1.29, 1.82) is 0 Å². The Hall–Kier alpha value is -2.37. The largest absolute Gasteiger partial charge is 0.481 e. The number of thioether (sulfide) groups is 1. The molecule has 0 fully saturated rings. The van der Waals surface area contributed by atoms with Gasteiger partial charge in [0.2, 0.25) is 5.91 Å². The Kier molecular flexibility index (Phi) is 12.0. The molecule has 6 nitrogen and oxygen atoms in total. The number of hydroxylamine groups is 1. The van der Waals surface area contributed by atoms with Crippen LogP contribution in [0.15, 0.2) is 47.4 Å². The van der Waals surface area contributed by atoms with E-state index in [4.69, 9.17) is 33.1 Å². The first-order valence-corrected chi connectivity index (χ1v) is 12.0. The fourth-order valence-corrected chi connectivity index (χ4v) is 4.25. The highest BCUT2D eigenvalue weighted by atomic mass is 35.5. The molecule has 0 aliphatic rings. The van der Waals surface area contributed by atoms with Crippen molar-refractivity contribution in [2.45, 2.75) is 42.8 Å². The normalized spacial score (nSPS) is 11.2. The molecule has 0 heterocycles. The van der Waals surface area contributed by atoms with E-state index in [0.717, 1.165) is 10.5 Å². The summed E-state index contributed by atoms with van der Waals surface area (Å²) in [5.74, 6) is 5.72. The summed E-state index contributed by atoms with van der Waals surface area (Å²) in [4.78, 5) is 25.1. The fraction of sp³-hybridized carbons (Fsp3) is 0.333. The van der Waals surface area contributed by atoms with Crippen molar-refractivity contribution in [2.24, 2.45) is 0 Å². The van der Waals surface area contributed by atoms with Crippen molar-refractivity contribution in [3.05, 3.63) is 58.1 Å². The lowest BCUT2D eigenvalue weighted by molar-refractivity contribution is -0.128. The van der Waals surface area contributed by atoms with Gasteiger partial charge in [-0.2, -0.15) is 0 Å². The number of hydrogen-bond donors (Lipinski definition) is 3. The lowest BCUT2D eigenvalue weighted by Crippen LogP contribution is -2.30. The summed E-state index contributed by atoms with van der Waals surface area (Å²) in [6.45, 7) is 2.56. The van der Waals surface area contributed by atoms with Crippen molar-refractivity contribution in [2.75, 3.05) is 13.2 Å². The Morgan fingerprint density at radius 1 is 1.12 bits per heavy atom. The van der Waals surface area contributed by atoms with E-state index in [2.05, 4.69) is 17.2 Å². The van der Waals surface area contributed by atoms with Crippen LogP contribution in [-0.4, -0.2) is 35.4 Å². The minimum atomic E-state index is -0.459. The maximum Gasteiger partial charge on any atom is 0.256 e. The molecule has 0 radical (unpaired) electrons. The van der Waals surface area contributed by atoms with Crippen LogP contribution in [0.3, 0.4) is 0 Å². The molecule has 2 aromatic rings. The van der Waals surface area contributed by atoms with E-state index in [1.54, 1.807) is 30.6 Å². The minimum absolute atomic E-state index is 0.111. The SMILES string of the molecule is CC#CCOc1ccc(SC(CCCCNC(=O)Cc2ccc(Cl)c(Cl)c2)C(=O)NO)cc1. The Morgan fingerprint density at radius 2 is 1.88 bits per heavy atom. The van der Waals surface area contributed by atoms with Crippen LogP contribution >= 0.6 is 35.0 Å². The summed E-state index contributed by atoms with van der Waals surface area (Å²) >= 11 is 13.2. The molecule has 3 N–H and O–H groups in total. The quantitative estimate of drug-likeness (QED) is 0.125. The molecule has 2 amide bonds. The van der Waals surface area contributed by atoms with Crippen LogP contribution in [0.25, 0.3) is 0 Å². The molecule has 9 heteroatoms. The van der Waals surface area contributed by atoms with E-state index in [-0.39, 0.29) is 12.3 Å². The van der Waals surface area contributed by atoms with Crippen molar-refractivity contribution in [1.82, 2.24) is 10.8 Å². The molecule has 0 bridgehead atoms. The van der Waals surface area contributed by atoms with E-state index in [0.29, 0.717) is 48.2 Å². The zero-order valence-electron chi connectivity index (χ0n) is 18.2. The Bertz CT molecular complexity index is 990. The number of rotatable bonds is 12. The lowest BCUT2D eigenvalue weighted by Gasteiger charge is -2.15. The highest BCUT2D eigenvalue weighted by molar-refractivity contribution is 8.00. The van der Waals surface area contributed by atoms with Gasteiger partial charge in [0.1, 0.15) is 12.4 Å². The van der Waals surface area contributed by atoms with Gasteiger partial charge in [-0.1, -0.05) is 41.6 Å². The standard InChI is InChI=1S/C24H26Cl2N2O4S/c1-2-3-14-32-18-8-10-19(11-9-18)33-22(24(30)28-31)6-4-5-13-27-23(29)16-17-7-12-20(25)21(26)15-17/h7-12,15,22,31H,4-6,13-14,16H2,1H3,(H,27,29)(H,28,30). The predicted octanol–water partition coefficient (Wildman–Crippen LogP) is 4.89. The highest BCUT2D eigenvalue weighted by Gasteiger charge is 2.19. The van der Waals surface area contributed by atoms with Gasteiger partial charge in [0.05, 0.1) is 21.7 Å². The summed E-state index contributed by atoms with van der Waals surface area (Å²) in [7, 11) is 0. The molecule has 0 saturated carbocycles. The number of unbranched alkanes of at least 4 members (excludes halogenated alkanes) is 1. The van der Waals surface area contributed by atoms with Crippen LogP contribution in [0, 0.1) is 11.8 Å². The van der Waals surface area contributed by atoms with Gasteiger partial charge in [0.15, 0.2) is 0 Å². The maximum absolute atomic E-state index is 12.1. The van der Waals surface area contributed by atoms with E-state index in [1.807, 2.05) is 24.3 Å². The third kappa shape index (κ3) is 9.97. The van der Waals surface area contributed by atoms with Crippen LogP contribution in [0.5, 0.6) is 5.75 Å². The number of carbonyl (C=O) groups is 2. The Morgan fingerprint density at radius 3 is 2.55 bits per heavy atom. The van der Waals surface area contributed by atoms with Crippen molar-refractivity contribution >= 4 is 46.8 Å². The van der Waals surface area contributed by atoms with Crippen molar-refractivity contribution in [3.8, 4) is 17.6 Å². The van der Waals surface area contributed by atoms with E-state index in [9.17, 15) is 9.59 Å². The van der Waals surface area contributed by atoms with Crippen molar-refractivity contribution in [3.63, 3.8) is 0 Å². The van der Waals surface area contributed by atoms with Gasteiger partial charge < -0.3 is 10.1 Å². The number of halogens is 2. The third-order valence-electron chi connectivity index (χ3n) is 4.56. The zero-order valence-corrected chi connectivity index (χ0v) is 20.5. The minimum Gasteiger partial charge on any atom is -0.481 e. The molecular weight excluding hydrogens is 483 g/mol. The van der Waals surface area contributed by atoms with Crippen LogP contribution in [0.2, 0.25) is 10.0 Å². The second-order valence-electron chi connectivity index (χ2n) is 7.04. The van der Waals surface area contributed by atoms with Gasteiger partial charge in [0.25, 0.3) is 5.91 Å². The topological polar surface area (TPSA) is 87.7 Å². The van der Waals surface area contributed by atoms with Gasteiger partial charge in [-0.3, -0.25) is 14.8 Å². The second kappa shape index (κ2) is 14.7. The smallest absolute Gasteiger partial charge is 0.256 e. The molecule has 2 rings (SSSR count). The lowest BCUT2D eigenvalue weighted by atomic mass is 10.1. The molecule has 0 aromatic heterocycles. The first-order valence-electron chi connectivity index (χ1n) is 10.4. The average molecular weight is 509 g/mol. The molecule has 1 atom stereocenters. The Labute approximate surface area is 208 Å². The maximum atomic E-state index is 12.1. The van der Waals surface area contributed by atoms with E-state index < -0.39 is 11.2 Å². The summed E-state index contributed by atoms with van der Waals surface area (Å²) in [5.41, 5.74) is 2.52. The molecule has 0 saturated heterocycles. The number of hydrogen-bond acceptors (Lipinski definition) is 5. The van der Waals surface area contributed by atoms with Crippen LogP contribution in [-0.2, 0) is 16.0 Å². The second-order valence-corrected chi connectivity index (χ2v) is 9.13. The van der Waals surface area contributed by atoms with Gasteiger partial charge in [-0.15, -0.1) is 17.7 Å². The Balaban J connectivity index is 1.75. The fourth-order valence-electron chi connectivity index (χ4n) is 2.87. The van der Waals surface area contributed by atoms with Crippen LogP contribution in [0.1, 0.15) is 31.7 Å². The molecule has 1 unspecified atom stereocenters. The zero-order chi connectivity index (χ0) is 24.1. The van der Waals surface area contributed by atoms with Crippen LogP contribution < -0.4 is 15.5 Å². The monoisotopic (exact) mass is 508 g/mol. The average Bonchev–Trinajstić information content (AvgIpc) is 2.81. The van der Waals surface area contributed by atoms with Gasteiger partial charge in [-0.25, -0.2) is 5.48 Å². The van der Waals surface area contributed by atoms with Gasteiger partial charge >= 0.3 is 0 Å². The third-order valence-corrected chi connectivity index (χ3v) is 6.57. The molecule has 0 aliphatic carbocycles. The molecule has 176 valence electrons. The van der Waals surface area contributed by atoms with Crippen molar-refractivity contribution < 1.29 is 19.5 Å². The van der Waals surface area contributed by atoms with E-state index in [1.165, 1.54) is 11.8 Å². The summed E-state index contributed by atoms with van der Waals surface area (Å²) in [5, 5.41) is 12.4. The predicted molar refractivity (Wildman–Crippen MR) is 132 cm³/mol.